The number of aliphatic hydroxyl groups excluding tert-OH is 1. The van der Waals surface area contributed by atoms with Crippen molar-refractivity contribution in [2.24, 2.45) is 0 Å². The van der Waals surface area contributed by atoms with Gasteiger partial charge in [0.1, 0.15) is 0 Å². The second-order valence-electron chi connectivity index (χ2n) is 5.03. The topological polar surface area (TPSA) is 44.3 Å². The molecule has 0 heterocycles. The standard InChI is InChI=1S/C19H18N2O/c22-19(15-7-3-1-4-8-15)21-18-13-11-17(12-14-18)20-16-9-5-2-6-10-16/h1-14,19-22H. The van der Waals surface area contributed by atoms with Gasteiger partial charge in [0.25, 0.3) is 0 Å². The molecule has 0 radical (unpaired) electrons. The van der Waals surface area contributed by atoms with Gasteiger partial charge in [-0.3, -0.25) is 0 Å². The lowest BCUT2D eigenvalue weighted by Crippen LogP contribution is -2.09. The summed E-state index contributed by atoms with van der Waals surface area (Å²) in [4.78, 5) is 0. The Morgan fingerprint density at radius 3 is 1.73 bits per heavy atom. The molecule has 0 aliphatic carbocycles. The molecule has 110 valence electrons. The number of hydrogen-bond acceptors (Lipinski definition) is 3. The fourth-order valence-electron chi connectivity index (χ4n) is 2.21. The average Bonchev–Trinajstić information content (AvgIpc) is 2.58. The van der Waals surface area contributed by atoms with Gasteiger partial charge in [0.2, 0.25) is 0 Å². The highest BCUT2D eigenvalue weighted by Crippen LogP contribution is 2.21. The number of rotatable bonds is 5. The molecule has 1 unspecified atom stereocenters. The van der Waals surface area contributed by atoms with Gasteiger partial charge in [0.15, 0.2) is 6.23 Å². The predicted molar refractivity (Wildman–Crippen MR) is 91.2 cm³/mol. The molecule has 0 aliphatic heterocycles. The van der Waals surface area contributed by atoms with E-state index in [1.165, 1.54) is 0 Å². The zero-order chi connectivity index (χ0) is 15.2. The Labute approximate surface area is 130 Å². The first-order chi connectivity index (χ1) is 10.8. The molecule has 0 saturated heterocycles. The van der Waals surface area contributed by atoms with Crippen LogP contribution in [0, 0.1) is 0 Å². The zero-order valence-corrected chi connectivity index (χ0v) is 12.1. The summed E-state index contributed by atoms with van der Waals surface area (Å²) in [6, 6.07) is 27.4. The number of anilines is 3. The van der Waals surface area contributed by atoms with Crippen LogP contribution in [0.1, 0.15) is 11.8 Å². The fraction of sp³-hybridized carbons (Fsp3) is 0.0526. The van der Waals surface area contributed by atoms with E-state index in [0.717, 1.165) is 22.6 Å². The predicted octanol–water partition coefficient (Wildman–Crippen LogP) is 4.53. The van der Waals surface area contributed by atoms with Crippen LogP contribution in [0.2, 0.25) is 0 Å². The molecular formula is C19H18N2O. The van der Waals surface area contributed by atoms with Crippen LogP contribution in [-0.2, 0) is 0 Å². The van der Waals surface area contributed by atoms with Gasteiger partial charge in [-0.15, -0.1) is 0 Å². The van der Waals surface area contributed by atoms with Crippen LogP contribution in [0.25, 0.3) is 0 Å². The number of para-hydroxylation sites is 1. The summed E-state index contributed by atoms with van der Waals surface area (Å²) in [5.74, 6) is 0. The van der Waals surface area contributed by atoms with E-state index in [0.29, 0.717) is 0 Å². The Kier molecular flexibility index (Phi) is 4.37. The molecular weight excluding hydrogens is 272 g/mol. The molecule has 0 aliphatic rings. The molecule has 0 amide bonds. The van der Waals surface area contributed by atoms with Crippen LogP contribution in [0.15, 0.2) is 84.9 Å². The molecule has 22 heavy (non-hydrogen) atoms. The SMILES string of the molecule is OC(Nc1ccc(Nc2ccccc2)cc1)c1ccccc1. The van der Waals surface area contributed by atoms with Crippen LogP contribution in [0.5, 0.6) is 0 Å². The van der Waals surface area contributed by atoms with Crippen LogP contribution >= 0.6 is 0 Å². The van der Waals surface area contributed by atoms with E-state index < -0.39 is 6.23 Å². The van der Waals surface area contributed by atoms with Gasteiger partial charge in [-0.25, -0.2) is 0 Å². The van der Waals surface area contributed by atoms with E-state index in [-0.39, 0.29) is 0 Å². The van der Waals surface area contributed by atoms with E-state index in [1.807, 2.05) is 84.9 Å². The zero-order valence-electron chi connectivity index (χ0n) is 12.1. The van der Waals surface area contributed by atoms with Crippen LogP contribution in [0.4, 0.5) is 17.1 Å². The van der Waals surface area contributed by atoms with E-state index in [4.69, 9.17) is 0 Å². The van der Waals surface area contributed by atoms with Crippen molar-refractivity contribution < 1.29 is 5.11 Å². The van der Waals surface area contributed by atoms with Crippen LogP contribution in [-0.4, -0.2) is 5.11 Å². The van der Waals surface area contributed by atoms with Crippen molar-refractivity contribution in [2.75, 3.05) is 10.6 Å². The molecule has 0 saturated carbocycles. The highest BCUT2D eigenvalue weighted by atomic mass is 16.3. The molecule has 0 aromatic heterocycles. The molecule has 0 fully saturated rings. The van der Waals surface area contributed by atoms with Gasteiger partial charge in [-0.05, 0) is 36.4 Å². The van der Waals surface area contributed by atoms with Gasteiger partial charge in [-0.1, -0.05) is 48.5 Å². The summed E-state index contributed by atoms with van der Waals surface area (Å²) in [6.07, 6.45) is -0.714. The molecule has 3 heteroatoms. The summed E-state index contributed by atoms with van der Waals surface area (Å²) in [5.41, 5.74) is 3.77. The van der Waals surface area contributed by atoms with Crippen molar-refractivity contribution >= 4 is 17.1 Å². The lowest BCUT2D eigenvalue weighted by atomic mass is 10.2. The summed E-state index contributed by atoms with van der Waals surface area (Å²) < 4.78 is 0. The lowest BCUT2D eigenvalue weighted by Gasteiger charge is -2.15. The Balaban J connectivity index is 1.64. The highest BCUT2D eigenvalue weighted by molar-refractivity contribution is 5.62. The van der Waals surface area contributed by atoms with Crippen molar-refractivity contribution in [3.63, 3.8) is 0 Å². The molecule has 3 aromatic rings. The van der Waals surface area contributed by atoms with Crippen molar-refractivity contribution in [1.29, 1.82) is 0 Å². The Morgan fingerprint density at radius 2 is 1.09 bits per heavy atom. The van der Waals surface area contributed by atoms with Gasteiger partial charge >= 0.3 is 0 Å². The third kappa shape index (κ3) is 3.65. The summed E-state index contributed by atoms with van der Waals surface area (Å²) in [5, 5.41) is 16.6. The second-order valence-corrected chi connectivity index (χ2v) is 5.03. The molecule has 0 bridgehead atoms. The second kappa shape index (κ2) is 6.78. The molecule has 3 nitrogen and oxygen atoms in total. The minimum atomic E-state index is -0.714. The lowest BCUT2D eigenvalue weighted by molar-refractivity contribution is 0.208. The van der Waals surface area contributed by atoms with Gasteiger partial charge in [0, 0.05) is 22.6 Å². The Bertz CT molecular complexity index is 697. The molecule has 1 atom stereocenters. The number of hydrogen-bond donors (Lipinski definition) is 3. The van der Waals surface area contributed by atoms with E-state index in [1.54, 1.807) is 0 Å². The van der Waals surface area contributed by atoms with Gasteiger partial charge < -0.3 is 15.7 Å². The maximum Gasteiger partial charge on any atom is 0.150 e. The average molecular weight is 290 g/mol. The normalized spacial score (nSPS) is 11.7. The van der Waals surface area contributed by atoms with Crippen molar-refractivity contribution in [3.05, 3.63) is 90.5 Å². The van der Waals surface area contributed by atoms with Crippen molar-refractivity contribution in [3.8, 4) is 0 Å². The van der Waals surface area contributed by atoms with E-state index >= 15 is 0 Å². The monoisotopic (exact) mass is 290 g/mol. The van der Waals surface area contributed by atoms with Gasteiger partial charge in [-0.2, -0.15) is 0 Å². The molecule has 3 rings (SSSR count). The third-order valence-electron chi connectivity index (χ3n) is 3.37. The van der Waals surface area contributed by atoms with Gasteiger partial charge in [0.05, 0.1) is 0 Å². The van der Waals surface area contributed by atoms with Crippen LogP contribution in [0.3, 0.4) is 0 Å². The fourth-order valence-corrected chi connectivity index (χ4v) is 2.21. The maximum atomic E-state index is 10.2. The Morgan fingerprint density at radius 1 is 0.591 bits per heavy atom. The molecule has 3 aromatic carbocycles. The minimum absolute atomic E-state index is 0.714. The molecule has 0 spiro atoms. The smallest absolute Gasteiger partial charge is 0.150 e. The third-order valence-corrected chi connectivity index (χ3v) is 3.37. The molecule has 3 N–H and O–H groups in total. The summed E-state index contributed by atoms with van der Waals surface area (Å²) >= 11 is 0. The van der Waals surface area contributed by atoms with Crippen molar-refractivity contribution in [2.45, 2.75) is 6.23 Å². The first kappa shape index (κ1) is 14.2. The largest absolute Gasteiger partial charge is 0.369 e. The van der Waals surface area contributed by atoms with E-state index in [9.17, 15) is 5.11 Å². The van der Waals surface area contributed by atoms with Crippen molar-refractivity contribution in [1.82, 2.24) is 0 Å². The maximum absolute atomic E-state index is 10.2. The number of benzene rings is 3. The Hall–Kier alpha value is -2.78. The minimum Gasteiger partial charge on any atom is -0.369 e. The highest BCUT2D eigenvalue weighted by Gasteiger charge is 2.05. The number of nitrogens with one attached hydrogen (secondary N) is 2. The number of aliphatic hydroxyl groups is 1. The first-order valence-electron chi connectivity index (χ1n) is 7.23. The van der Waals surface area contributed by atoms with E-state index in [2.05, 4.69) is 10.6 Å². The van der Waals surface area contributed by atoms with Crippen LogP contribution < -0.4 is 10.6 Å². The summed E-state index contributed by atoms with van der Waals surface area (Å²) in [7, 11) is 0. The quantitative estimate of drug-likeness (QED) is 0.605. The summed E-state index contributed by atoms with van der Waals surface area (Å²) in [6.45, 7) is 0. The first-order valence-corrected chi connectivity index (χ1v) is 7.23.